The third-order valence-electron chi connectivity index (χ3n) is 4.16. The van der Waals surface area contributed by atoms with E-state index in [1.165, 1.54) is 4.90 Å². The summed E-state index contributed by atoms with van der Waals surface area (Å²) in [5.41, 5.74) is -0.369. The largest absolute Gasteiger partial charge is 0.370 e. The highest BCUT2D eigenvalue weighted by Gasteiger charge is 2.67. The van der Waals surface area contributed by atoms with Crippen LogP contribution in [0.4, 0.5) is 0 Å². The van der Waals surface area contributed by atoms with Crippen molar-refractivity contribution in [1.82, 2.24) is 4.90 Å². The van der Waals surface area contributed by atoms with Crippen LogP contribution >= 0.6 is 0 Å². The monoisotopic (exact) mass is 209 g/mol. The standard InChI is InChI=1S/C11H15NO3/c1-3-12-9(13)7-6-4-5-11(2,15-6)8(7)10(12)14/h6-8H,3-5H2,1-2H3/t6-,7+,8-,11-/m0/s1. The summed E-state index contributed by atoms with van der Waals surface area (Å²) in [6, 6.07) is 0. The van der Waals surface area contributed by atoms with Crippen molar-refractivity contribution < 1.29 is 14.3 Å². The van der Waals surface area contributed by atoms with Crippen LogP contribution in [0.2, 0.25) is 0 Å². The maximum atomic E-state index is 12.0. The van der Waals surface area contributed by atoms with E-state index in [4.69, 9.17) is 4.74 Å². The second-order valence-corrected chi connectivity index (χ2v) is 4.93. The molecule has 4 heteroatoms. The van der Waals surface area contributed by atoms with Gasteiger partial charge in [-0.05, 0) is 26.7 Å². The van der Waals surface area contributed by atoms with Gasteiger partial charge in [0.05, 0.1) is 23.5 Å². The molecular weight excluding hydrogens is 194 g/mol. The summed E-state index contributed by atoms with van der Waals surface area (Å²) in [7, 11) is 0. The molecule has 0 unspecified atom stereocenters. The maximum Gasteiger partial charge on any atom is 0.236 e. The molecule has 0 radical (unpaired) electrons. The van der Waals surface area contributed by atoms with Crippen molar-refractivity contribution in [2.75, 3.05) is 6.54 Å². The predicted octanol–water partition coefficient (Wildman–Crippen LogP) is 0.559. The molecule has 3 heterocycles. The summed E-state index contributed by atoms with van der Waals surface area (Å²) in [6.45, 7) is 4.32. The Balaban J connectivity index is 2.03. The molecule has 0 N–H and O–H groups in total. The highest BCUT2D eigenvalue weighted by atomic mass is 16.5. The fourth-order valence-corrected chi connectivity index (χ4v) is 3.45. The molecule has 82 valence electrons. The third kappa shape index (κ3) is 0.911. The van der Waals surface area contributed by atoms with E-state index in [0.717, 1.165) is 12.8 Å². The molecule has 3 rings (SSSR count). The lowest BCUT2D eigenvalue weighted by atomic mass is 9.74. The lowest BCUT2D eigenvalue weighted by molar-refractivity contribution is -0.144. The molecule has 15 heavy (non-hydrogen) atoms. The highest BCUT2D eigenvalue weighted by molar-refractivity contribution is 6.06. The van der Waals surface area contributed by atoms with Gasteiger partial charge < -0.3 is 4.74 Å². The number of imide groups is 1. The smallest absolute Gasteiger partial charge is 0.236 e. The average molecular weight is 209 g/mol. The predicted molar refractivity (Wildman–Crippen MR) is 51.9 cm³/mol. The van der Waals surface area contributed by atoms with E-state index < -0.39 is 0 Å². The molecule has 0 saturated carbocycles. The van der Waals surface area contributed by atoms with Crippen molar-refractivity contribution >= 4 is 11.8 Å². The average Bonchev–Trinajstić information content (AvgIpc) is 2.77. The third-order valence-corrected chi connectivity index (χ3v) is 4.16. The van der Waals surface area contributed by atoms with Crippen molar-refractivity contribution in [3.8, 4) is 0 Å². The molecule has 3 saturated heterocycles. The molecule has 0 spiro atoms. The van der Waals surface area contributed by atoms with Crippen molar-refractivity contribution in [1.29, 1.82) is 0 Å². The summed E-state index contributed by atoms with van der Waals surface area (Å²) >= 11 is 0. The molecule has 2 amide bonds. The van der Waals surface area contributed by atoms with Gasteiger partial charge in [-0.1, -0.05) is 0 Å². The molecule has 0 aromatic heterocycles. The minimum Gasteiger partial charge on any atom is -0.370 e. The first-order chi connectivity index (χ1) is 7.08. The molecule has 3 aliphatic heterocycles. The van der Waals surface area contributed by atoms with Gasteiger partial charge in [-0.3, -0.25) is 14.5 Å². The van der Waals surface area contributed by atoms with E-state index >= 15 is 0 Å². The van der Waals surface area contributed by atoms with Crippen molar-refractivity contribution in [3.05, 3.63) is 0 Å². The van der Waals surface area contributed by atoms with Crippen LogP contribution in [0.1, 0.15) is 26.7 Å². The highest BCUT2D eigenvalue weighted by Crippen LogP contribution is 2.54. The van der Waals surface area contributed by atoms with E-state index in [2.05, 4.69) is 0 Å². The van der Waals surface area contributed by atoms with E-state index in [-0.39, 0.29) is 35.4 Å². The molecular formula is C11H15NO3. The molecule has 0 aliphatic carbocycles. The fraction of sp³-hybridized carbons (Fsp3) is 0.818. The Morgan fingerprint density at radius 3 is 2.80 bits per heavy atom. The fourth-order valence-electron chi connectivity index (χ4n) is 3.45. The number of hydrogen-bond acceptors (Lipinski definition) is 3. The lowest BCUT2D eigenvalue weighted by Crippen LogP contribution is -2.39. The first-order valence-electron chi connectivity index (χ1n) is 5.61. The van der Waals surface area contributed by atoms with Crippen LogP contribution in [-0.2, 0) is 14.3 Å². The van der Waals surface area contributed by atoms with Gasteiger partial charge >= 0.3 is 0 Å². The van der Waals surface area contributed by atoms with Gasteiger partial charge in [0.1, 0.15) is 0 Å². The number of carbonyl (C=O) groups is 2. The van der Waals surface area contributed by atoms with Gasteiger partial charge in [0.25, 0.3) is 0 Å². The van der Waals surface area contributed by atoms with Gasteiger partial charge in [0, 0.05) is 6.54 Å². The van der Waals surface area contributed by atoms with Crippen LogP contribution in [0.15, 0.2) is 0 Å². The Hall–Kier alpha value is -0.900. The van der Waals surface area contributed by atoms with E-state index in [1.807, 2.05) is 13.8 Å². The van der Waals surface area contributed by atoms with Crippen LogP contribution < -0.4 is 0 Å². The summed E-state index contributed by atoms with van der Waals surface area (Å²) in [5.74, 6) is -0.418. The number of ether oxygens (including phenoxy) is 1. The summed E-state index contributed by atoms with van der Waals surface area (Å²) < 4.78 is 5.79. The van der Waals surface area contributed by atoms with Gasteiger partial charge in [-0.25, -0.2) is 0 Å². The first kappa shape index (κ1) is 9.33. The Labute approximate surface area is 88.6 Å². The van der Waals surface area contributed by atoms with E-state index in [1.54, 1.807) is 0 Å². The molecule has 3 fully saturated rings. The van der Waals surface area contributed by atoms with Crippen LogP contribution in [0.5, 0.6) is 0 Å². The molecule has 4 nitrogen and oxygen atoms in total. The number of amides is 2. The van der Waals surface area contributed by atoms with Crippen LogP contribution in [0.3, 0.4) is 0 Å². The number of likely N-dealkylation sites (tertiary alicyclic amines) is 1. The zero-order chi connectivity index (χ0) is 10.8. The maximum absolute atomic E-state index is 12.0. The number of hydrogen-bond donors (Lipinski definition) is 0. The van der Waals surface area contributed by atoms with Crippen molar-refractivity contribution in [2.45, 2.75) is 38.4 Å². The summed E-state index contributed by atoms with van der Waals surface area (Å²) in [4.78, 5) is 25.4. The van der Waals surface area contributed by atoms with Crippen LogP contribution in [0.25, 0.3) is 0 Å². The minimum atomic E-state index is -0.369. The summed E-state index contributed by atoms with van der Waals surface area (Å²) in [6.07, 6.45) is 1.83. The Morgan fingerprint density at radius 1 is 1.47 bits per heavy atom. The first-order valence-corrected chi connectivity index (χ1v) is 5.61. The van der Waals surface area contributed by atoms with Gasteiger partial charge in [-0.15, -0.1) is 0 Å². The molecule has 3 aliphatic rings. The minimum absolute atomic E-state index is 0.00648. The second kappa shape index (κ2) is 2.61. The zero-order valence-electron chi connectivity index (χ0n) is 9.03. The lowest BCUT2D eigenvalue weighted by Gasteiger charge is -2.26. The zero-order valence-corrected chi connectivity index (χ0v) is 9.03. The van der Waals surface area contributed by atoms with Crippen molar-refractivity contribution in [2.24, 2.45) is 11.8 Å². The van der Waals surface area contributed by atoms with Crippen LogP contribution in [-0.4, -0.2) is 35.0 Å². The number of nitrogens with zero attached hydrogens (tertiary/aromatic N) is 1. The normalized spacial score (nSPS) is 47.9. The Morgan fingerprint density at radius 2 is 2.20 bits per heavy atom. The molecule has 4 atom stereocenters. The van der Waals surface area contributed by atoms with E-state index in [9.17, 15) is 9.59 Å². The number of rotatable bonds is 1. The van der Waals surface area contributed by atoms with Crippen LogP contribution in [0, 0.1) is 11.8 Å². The number of carbonyl (C=O) groups excluding carboxylic acids is 2. The van der Waals surface area contributed by atoms with Gasteiger partial charge in [-0.2, -0.15) is 0 Å². The van der Waals surface area contributed by atoms with Gasteiger partial charge in [0.2, 0.25) is 11.8 Å². The quantitative estimate of drug-likeness (QED) is 0.593. The van der Waals surface area contributed by atoms with E-state index in [0.29, 0.717) is 6.54 Å². The Bertz CT molecular complexity index is 354. The van der Waals surface area contributed by atoms with Gasteiger partial charge in [0.15, 0.2) is 0 Å². The molecule has 2 bridgehead atoms. The SMILES string of the molecule is CCN1C(=O)[C@@H]2[C@@H]3CC[C@](C)(O3)[C@@H]2C1=O. The molecule has 0 aromatic carbocycles. The second-order valence-electron chi connectivity index (χ2n) is 4.93. The van der Waals surface area contributed by atoms with Crippen molar-refractivity contribution in [3.63, 3.8) is 0 Å². The summed E-state index contributed by atoms with van der Waals surface area (Å²) in [5, 5.41) is 0. The molecule has 0 aromatic rings. The topological polar surface area (TPSA) is 46.6 Å². The Kier molecular flexibility index (Phi) is 1.63. The number of fused-ring (bicyclic) bond motifs is 5.